The Labute approximate surface area is 135 Å². The van der Waals surface area contributed by atoms with Crippen LogP contribution in [0.4, 0.5) is 5.82 Å². The number of nitrogens with zero attached hydrogens (tertiary/aromatic N) is 5. The third-order valence-electron chi connectivity index (χ3n) is 4.86. The van der Waals surface area contributed by atoms with Crippen LogP contribution >= 0.6 is 0 Å². The minimum atomic E-state index is 0.459. The number of H-pyrrole nitrogens is 1. The predicted molar refractivity (Wildman–Crippen MR) is 90.7 cm³/mol. The fraction of sp³-hybridized carbons (Fsp3) is 0.471. The van der Waals surface area contributed by atoms with E-state index in [1.807, 2.05) is 6.20 Å². The van der Waals surface area contributed by atoms with E-state index in [2.05, 4.69) is 55.6 Å². The molecule has 4 heterocycles. The molecule has 0 amide bonds. The number of hydrogen-bond donors (Lipinski definition) is 1. The van der Waals surface area contributed by atoms with E-state index >= 15 is 0 Å². The van der Waals surface area contributed by atoms with E-state index in [1.54, 1.807) is 6.33 Å². The summed E-state index contributed by atoms with van der Waals surface area (Å²) in [4.78, 5) is 19.1. The van der Waals surface area contributed by atoms with Gasteiger partial charge < -0.3 is 14.5 Å². The first kappa shape index (κ1) is 14.2. The molecule has 1 aliphatic heterocycles. The van der Waals surface area contributed by atoms with Gasteiger partial charge in [-0.25, -0.2) is 15.0 Å². The van der Waals surface area contributed by atoms with E-state index in [0.717, 1.165) is 36.8 Å². The van der Waals surface area contributed by atoms with Crippen LogP contribution in [0.15, 0.2) is 24.9 Å². The fourth-order valence-electron chi connectivity index (χ4n) is 3.68. The van der Waals surface area contributed by atoms with Crippen molar-refractivity contribution in [3.05, 3.63) is 36.3 Å². The number of rotatable bonds is 3. The van der Waals surface area contributed by atoms with Crippen molar-refractivity contribution in [2.24, 2.45) is 0 Å². The van der Waals surface area contributed by atoms with Crippen LogP contribution in [0, 0.1) is 6.92 Å². The molecular weight excluding hydrogens is 288 g/mol. The van der Waals surface area contributed by atoms with E-state index in [-0.39, 0.29) is 0 Å². The lowest BCUT2D eigenvalue weighted by Gasteiger charge is -2.35. The average Bonchev–Trinajstić information content (AvgIpc) is 3.20. The Kier molecular flexibility index (Phi) is 3.52. The zero-order chi connectivity index (χ0) is 15.8. The second-order valence-electron chi connectivity index (χ2n) is 6.21. The molecule has 0 aromatic carbocycles. The summed E-state index contributed by atoms with van der Waals surface area (Å²) >= 11 is 0. The Bertz CT molecular complexity index is 817. The number of aryl methyl sites for hydroxylation is 2. The average molecular weight is 310 g/mol. The van der Waals surface area contributed by atoms with Gasteiger partial charge in [-0.2, -0.15) is 0 Å². The summed E-state index contributed by atoms with van der Waals surface area (Å²) in [6.07, 6.45) is 11.0. The molecule has 1 atom stereocenters. The summed E-state index contributed by atoms with van der Waals surface area (Å²) < 4.78 is 2.29. The molecule has 3 aromatic rings. The second-order valence-corrected chi connectivity index (χ2v) is 6.21. The van der Waals surface area contributed by atoms with Crippen molar-refractivity contribution in [3.8, 4) is 0 Å². The summed E-state index contributed by atoms with van der Waals surface area (Å²) in [5, 5.41) is 1.18. The Morgan fingerprint density at radius 3 is 3.00 bits per heavy atom. The number of anilines is 1. The highest BCUT2D eigenvalue weighted by Crippen LogP contribution is 2.31. The minimum absolute atomic E-state index is 0.459. The summed E-state index contributed by atoms with van der Waals surface area (Å²) in [6.45, 7) is 6.26. The van der Waals surface area contributed by atoms with Gasteiger partial charge in [-0.05, 0) is 31.7 Å². The molecule has 6 heteroatoms. The molecule has 1 saturated heterocycles. The van der Waals surface area contributed by atoms with Crippen LogP contribution in [0.5, 0.6) is 0 Å². The van der Waals surface area contributed by atoms with Gasteiger partial charge in [-0.3, -0.25) is 0 Å². The lowest BCUT2D eigenvalue weighted by atomic mass is 10.0. The first-order valence-electron chi connectivity index (χ1n) is 8.33. The third kappa shape index (κ3) is 2.38. The fourth-order valence-corrected chi connectivity index (χ4v) is 3.68. The van der Waals surface area contributed by atoms with E-state index in [9.17, 15) is 0 Å². The Morgan fingerprint density at radius 1 is 1.30 bits per heavy atom. The number of aromatic nitrogens is 5. The first-order valence-corrected chi connectivity index (χ1v) is 8.33. The van der Waals surface area contributed by atoms with Crippen molar-refractivity contribution in [1.29, 1.82) is 0 Å². The van der Waals surface area contributed by atoms with Crippen molar-refractivity contribution in [2.75, 3.05) is 18.0 Å². The van der Waals surface area contributed by atoms with Crippen LogP contribution in [0.3, 0.4) is 0 Å². The van der Waals surface area contributed by atoms with Crippen molar-refractivity contribution in [1.82, 2.24) is 24.5 Å². The molecule has 0 saturated carbocycles. The molecule has 3 aromatic heterocycles. The number of aromatic amines is 1. The molecular formula is C17H22N6. The van der Waals surface area contributed by atoms with E-state index in [4.69, 9.17) is 0 Å². The van der Waals surface area contributed by atoms with Gasteiger partial charge >= 0.3 is 0 Å². The van der Waals surface area contributed by atoms with Gasteiger partial charge in [0.15, 0.2) is 0 Å². The molecule has 1 fully saturated rings. The highest BCUT2D eigenvalue weighted by atomic mass is 15.2. The molecule has 1 unspecified atom stereocenters. The molecule has 1 N–H and O–H groups in total. The van der Waals surface area contributed by atoms with Crippen molar-refractivity contribution >= 4 is 16.9 Å². The van der Waals surface area contributed by atoms with Crippen molar-refractivity contribution in [3.63, 3.8) is 0 Å². The predicted octanol–water partition coefficient (Wildman–Crippen LogP) is 2.87. The van der Waals surface area contributed by atoms with E-state index in [1.165, 1.54) is 23.8 Å². The van der Waals surface area contributed by atoms with Gasteiger partial charge in [0.05, 0.1) is 11.4 Å². The highest BCUT2D eigenvalue weighted by Gasteiger charge is 2.25. The molecule has 0 bridgehead atoms. The zero-order valence-electron chi connectivity index (χ0n) is 13.7. The summed E-state index contributed by atoms with van der Waals surface area (Å²) in [6, 6.07) is 0.459. The Balaban J connectivity index is 1.70. The quantitative estimate of drug-likeness (QED) is 0.808. The lowest BCUT2D eigenvalue weighted by molar-refractivity contribution is 0.398. The van der Waals surface area contributed by atoms with Crippen LogP contribution in [0.1, 0.15) is 37.2 Å². The SMILES string of the molecule is CCc1c[nH]c2ncnc(N3CCCC(n4ccnc4C)C3)c12. The monoisotopic (exact) mass is 310 g/mol. The van der Waals surface area contributed by atoms with Gasteiger partial charge in [0.2, 0.25) is 0 Å². The molecule has 1 aliphatic rings. The maximum Gasteiger partial charge on any atom is 0.143 e. The van der Waals surface area contributed by atoms with Crippen LogP contribution in [-0.2, 0) is 6.42 Å². The zero-order valence-corrected chi connectivity index (χ0v) is 13.7. The smallest absolute Gasteiger partial charge is 0.143 e. The molecule has 0 radical (unpaired) electrons. The standard InChI is InChI=1S/C17H22N6/c1-3-13-9-19-16-15(13)17(21-11-20-16)22-7-4-5-14(10-22)23-8-6-18-12(23)2/h6,8-9,11,14H,3-5,7,10H2,1-2H3,(H,19,20,21). The summed E-state index contributed by atoms with van der Waals surface area (Å²) in [5.74, 6) is 2.15. The van der Waals surface area contributed by atoms with Crippen LogP contribution < -0.4 is 4.90 Å². The number of fused-ring (bicyclic) bond motifs is 1. The van der Waals surface area contributed by atoms with Crippen molar-refractivity contribution in [2.45, 2.75) is 39.2 Å². The molecule has 0 spiro atoms. The maximum atomic E-state index is 4.62. The molecule has 4 rings (SSSR count). The number of hydrogen-bond acceptors (Lipinski definition) is 4. The third-order valence-corrected chi connectivity index (χ3v) is 4.86. The van der Waals surface area contributed by atoms with Gasteiger partial charge in [-0.15, -0.1) is 0 Å². The molecule has 0 aliphatic carbocycles. The van der Waals surface area contributed by atoms with E-state index in [0.29, 0.717) is 6.04 Å². The van der Waals surface area contributed by atoms with Crippen LogP contribution in [0.25, 0.3) is 11.0 Å². The van der Waals surface area contributed by atoms with Crippen LogP contribution in [-0.4, -0.2) is 37.6 Å². The number of piperidine rings is 1. The molecule has 120 valence electrons. The number of nitrogens with one attached hydrogen (secondary N) is 1. The Morgan fingerprint density at radius 2 is 2.22 bits per heavy atom. The topological polar surface area (TPSA) is 62.6 Å². The molecule has 6 nitrogen and oxygen atoms in total. The van der Waals surface area contributed by atoms with Gasteiger partial charge in [0.25, 0.3) is 0 Å². The Hall–Kier alpha value is -2.37. The lowest BCUT2D eigenvalue weighted by Crippen LogP contribution is -2.37. The van der Waals surface area contributed by atoms with Gasteiger partial charge in [0, 0.05) is 31.7 Å². The van der Waals surface area contributed by atoms with E-state index < -0.39 is 0 Å². The molecule has 23 heavy (non-hydrogen) atoms. The van der Waals surface area contributed by atoms with Gasteiger partial charge in [-0.1, -0.05) is 6.92 Å². The number of imidazole rings is 1. The van der Waals surface area contributed by atoms with Gasteiger partial charge in [0.1, 0.15) is 23.6 Å². The summed E-state index contributed by atoms with van der Waals surface area (Å²) in [5.41, 5.74) is 2.23. The highest BCUT2D eigenvalue weighted by molar-refractivity contribution is 5.90. The van der Waals surface area contributed by atoms with Crippen LogP contribution in [0.2, 0.25) is 0 Å². The normalized spacial score (nSPS) is 18.7. The first-order chi connectivity index (χ1) is 11.3. The summed E-state index contributed by atoms with van der Waals surface area (Å²) in [7, 11) is 0. The van der Waals surface area contributed by atoms with Crippen molar-refractivity contribution < 1.29 is 0 Å². The maximum absolute atomic E-state index is 4.62. The second kappa shape index (κ2) is 5.68. The minimum Gasteiger partial charge on any atom is -0.354 e. The largest absolute Gasteiger partial charge is 0.354 e.